The van der Waals surface area contributed by atoms with Crippen LogP contribution in [-0.4, -0.2) is 17.7 Å². The van der Waals surface area contributed by atoms with Crippen molar-refractivity contribution < 1.29 is 9.59 Å². The van der Waals surface area contributed by atoms with Crippen molar-refractivity contribution in [3.63, 3.8) is 0 Å². The zero-order valence-electron chi connectivity index (χ0n) is 8.24. The van der Waals surface area contributed by atoms with E-state index in [1.165, 1.54) is 18.2 Å². The maximum atomic E-state index is 11.6. The first-order chi connectivity index (χ1) is 7.41. The molecule has 86 valence electrons. The van der Waals surface area contributed by atoms with Gasteiger partial charge in [-0.25, -0.2) is 0 Å². The number of ketones is 1. The van der Waals surface area contributed by atoms with Gasteiger partial charge in [0.2, 0.25) is 5.91 Å². The molecule has 0 aromatic heterocycles. The van der Waals surface area contributed by atoms with Crippen LogP contribution in [0.2, 0.25) is 10.0 Å². The second kappa shape index (κ2) is 5.30. The third-order valence-electron chi connectivity index (χ3n) is 2.01. The van der Waals surface area contributed by atoms with Crippen LogP contribution in [0.5, 0.6) is 0 Å². The first-order valence-corrected chi connectivity index (χ1v) is 5.20. The number of hydrogen-bond acceptors (Lipinski definition) is 3. The molecule has 4 N–H and O–H groups in total. The molecular weight excluding hydrogens is 251 g/mol. The van der Waals surface area contributed by atoms with E-state index in [1.54, 1.807) is 0 Å². The van der Waals surface area contributed by atoms with Crippen LogP contribution in [0.25, 0.3) is 0 Å². The Morgan fingerprint density at radius 3 is 2.38 bits per heavy atom. The number of carbonyl (C=O) groups is 2. The van der Waals surface area contributed by atoms with E-state index in [9.17, 15) is 9.59 Å². The van der Waals surface area contributed by atoms with Gasteiger partial charge >= 0.3 is 0 Å². The third-order valence-corrected chi connectivity index (χ3v) is 2.75. The molecule has 0 fully saturated rings. The van der Waals surface area contributed by atoms with Gasteiger partial charge in [0.1, 0.15) is 0 Å². The van der Waals surface area contributed by atoms with E-state index in [0.717, 1.165) is 0 Å². The van der Waals surface area contributed by atoms with Gasteiger partial charge in [0, 0.05) is 12.0 Å². The molecule has 0 saturated heterocycles. The summed E-state index contributed by atoms with van der Waals surface area (Å²) in [5, 5.41) is 0.637. The Bertz CT molecular complexity index is 435. The van der Waals surface area contributed by atoms with Crippen LogP contribution in [0.15, 0.2) is 18.2 Å². The summed E-state index contributed by atoms with van der Waals surface area (Å²) in [6, 6.07) is 3.47. The standard InChI is InChI=1S/C10H10Cl2N2O2/c11-6-2-1-5(3-7(6)12)9(15)4-8(13)10(14)16/h1-3,8H,4,13H2,(H2,14,16). The molecule has 0 saturated carbocycles. The molecule has 16 heavy (non-hydrogen) atoms. The van der Waals surface area contributed by atoms with E-state index < -0.39 is 11.9 Å². The summed E-state index contributed by atoms with van der Waals surface area (Å²) in [4.78, 5) is 22.3. The lowest BCUT2D eigenvalue weighted by Crippen LogP contribution is -2.38. The summed E-state index contributed by atoms with van der Waals surface area (Å²) in [6.07, 6.45) is -0.146. The van der Waals surface area contributed by atoms with E-state index in [0.29, 0.717) is 10.6 Å². The second-order valence-corrected chi connectivity index (χ2v) is 4.08. The highest BCUT2D eigenvalue weighted by molar-refractivity contribution is 6.42. The highest BCUT2D eigenvalue weighted by Gasteiger charge is 2.16. The molecule has 1 rings (SSSR count). The van der Waals surface area contributed by atoms with Crippen LogP contribution in [0.1, 0.15) is 16.8 Å². The number of hydrogen-bond donors (Lipinski definition) is 2. The first kappa shape index (κ1) is 13.0. The van der Waals surface area contributed by atoms with E-state index >= 15 is 0 Å². The fraction of sp³-hybridized carbons (Fsp3) is 0.200. The van der Waals surface area contributed by atoms with E-state index in [1.807, 2.05) is 0 Å². The lowest BCUT2D eigenvalue weighted by atomic mass is 10.0. The number of amides is 1. The number of benzene rings is 1. The van der Waals surface area contributed by atoms with Gasteiger partial charge in [0.15, 0.2) is 5.78 Å². The number of rotatable bonds is 4. The molecule has 0 aliphatic rings. The number of halogens is 2. The Morgan fingerprint density at radius 1 is 1.25 bits per heavy atom. The summed E-state index contributed by atoms with van der Waals surface area (Å²) in [6.45, 7) is 0. The summed E-state index contributed by atoms with van der Waals surface area (Å²) in [5.74, 6) is -1.02. The molecule has 4 nitrogen and oxygen atoms in total. The number of carbonyl (C=O) groups excluding carboxylic acids is 2. The number of nitrogens with two attached hydrogens (primary N) is 2. The van der Waals surface area contributed by atoms with Gasteiger partial charge in [-0.15, -0.1) is 0 Å². The van der Waals surface area contributed by atoms with Gasteiger partial charge in [0.05, 0.1) is 16.1 Å². The minimum Gasteiger partial charge on any atom is -0.368 e. The van der Waals surface area contributed by atoms with Crippen molar-refractivity contribution in [1.29, 1.82) is 0 Å². The van der Waals surface area contributed by atoms with Gasteiger partial charge < -0.3 is 11.5 Å². The van der Waals surface area contributed by atoms with Crippen molar-refractivity contribution >= 4 is 34.9 Å². The molecular formula is C10H10Cl2N2O2. The first-order valence-electron chi connectivity index (χ1n) is 4.45. The van der Waals surface area contributed by atoms with Crippen molar-refractivity contribution in [3.05, 3.63) is 33.8 Å². The maximum Gasteiger partial charge on any atom is 0.234 e. The molecule has 1 unspecified atom stereocenters. The van der Waals surface area contributed by atoms with Crippen LogP contribution in [-0.2, 0) is 4.79 Å². The van der Waals surface area contributed by atoms with Crippen LogP contribution in [0.4, 0.5) is 0 Å². The molecule has 1 amide bonds. The molecule has 1 atom stereocenters. The van der Waals surface area contributed by atoms with Crippen molar-refractivity contribution in [2.45, 2.75) is 12.5 Å². The Labute approximate surface area is 103 Å². The SMILES string of the molecule is NC(=O)C(N)CC(=O)c1ccc(Cl)c(Cl)c1. The largest absolute Gasteiger partial charge is 0.368 e. The normalized spacial score (nSPS) is 12.2. The fourth-order valence-electron chi connectivity index (χ4n) is 1.09. The van der Waals surface area contributed by atoms with Crippen molar-refractivity contribution in [2.75, 3.05) is 0 Å². The van der Waals surface area contributed by atoms with Gasteiger partial charge in [-0.3, -0.25) is 9.59 Å². The summed E-state index contributed by atoms with van der Waals surface area (Å²) >= 11 is 11.4. The quantitative estimate of drug-likeness (QED) is 0.802. The molecule has 1 aromatic rings. The van der Waals surface area contributed by atoms with Crippen LogP contribution in [0, 0.1) is 0 Å². The van der Waals surface area contributed by atoms with Gasteiger partial charge in [-0.2, -0.15) is 0 Å². The van der Waals surface area contributed by atoms with E-state index in [2.05, 4.69) is 0 Å². The lowest BCUT2D eigenvalue weighted by Gasteiger charge is -2.06. The Morgan fingerprint density at radius 2 is 1.88 bits per heavy atom. The maximum absolute atomic E-state index is 11.6. The smallest absolute Gasteiger partial charge is 0.234 e. The minimum absolute atomic E-state index is 0.146. The summed E-state index contributed by atoms with van der Waals surface area (Å²) < 4.78 is 0. The summed E-state index contributed by atoms with van der Waals surface area (Å²) in [7, 11) is 0. The van der Waals surface area contributed by atoms with Crippen molar-refractivity contribution in [3.8, 4) is 0 Å². The zero-order valence-corrected chi connectivity index (χ0v) is 9.76. The second-order valence-electron chi connectivity index (χ2n) is 3.27. The number of primary amides is 1. The topological polar surface area (TPSA) is 86.2 Å². The number of Topliss-reactive ketones (excluding diaryl/α,β-unsaturated/α-hetero) is 1. The molecule has 0 aliphatic carbocycles. The molecule has 6 heteroatoms. The predicted octanol–water partition coefficient (Wildman–Crippen LogP) is 1.38. The monoisotopic (exact) mass is 260 g/mol. The fourth-order valence-corrected chi connectivity index (χ4v) is 1.39. The van der Waals surface area contributed by atoms with E-state index in [-0.39, 0.29) is 17.2 Å². The molecule has 1 aromatic carbocycles. The highest BCUT2D eigenvalue weighted by atomic mass is 35.5. The molecule has 0 aliphatic heterocycles. The molecule has 0 spiro atoms. The summed E-state index contributed by atoms with van der Waals surface area (Å²) in [5.41, 5.74) is 10.7. The highest BCUT2D eigenvalue weighted by Crippen LogP contribution is 2.23. The zero-order chi connectivity index (χ0) is 12.3. The average Bonchev–Trinajstić information content (AvgIpc) is 2.21. The van der Waals surface area contributed by atoms with Crippen molar-refractivity contribution in [2.24, 2.45) is 11.5 Å². The van der Waals surface area contributed by atoms with Crippen LogP contribution in [0.3, 0.4) is 0 Å². The van der Waals surface area contributed by atoms with Crippen molar-refractivity contribution in [1.82, 2.24) is 0 Å². The van der Waals surface area contributed by atoms with E-state index in [4.69, 9.17) is 34.7 Å². The predicted molar refractivity (Wildman–Crippen MR) is 62.6 cm³/mol. The van der Waals surface area contributed by atoms with Gasteiger partial charge in [-0.1, -0.05) is 23.2 Å². The van der Waals surface area contributed by atoms with Gasteiger partial charge in [-0.05, 0) is 18.2 Å². The Kier molecular flexibility index (Phi) is 4.29. The minimum atomic E-state index is -0.984. The van der Waals surface area contributed by atoms with Gasteiger partial charge in [0.25, 0.3) is 0 Å². The van der Waals surface area contributed by atoms with Crippen LogP contribution >= 0.6 is 23.2 Å². The lowest BCUT2D eigenvalue weighted by molar-refractivity contribution is -0.119. The Balaban J connectivity index is 2.81. The Hall–Kier alpha value is -1.10. The molecule has 0 bridgehead atoms. The molecule has 0 radical (unpaired) electrons. The third kappa shape index (κ3) is 3.20. The average molecular weight is 261 g/mol. The van der Waals surface area contributed by atoms with Crippen LogP contribution < -0.4 is 11.5 Å². The molecule has 0 heterocycles.